The third kappa shape index (κ3) is 5.01. The molecule has 114 valence electrons. The van der Waals surface area contributed by atoms with Gasteiger partial charge in [0.25, 0.3) is 0 Å². The lowest BCUT2D eigenvalue weighted by atomic mass is 9.96. The van der Waals surface area contributed by atoms with Crippen LogP contribution in [-0.2, 0) is 0 Å². The molecule has 1 aromatic carbocycles. The van der Waals surface area contributed by atoms with Gasteiger partial charge in [0, 0.05) is 24.7 Å². The van der Waals surface area contributed by atoms with Gasteiger partial charge in [-0.2, -0.15) is 0 Å². The zero-order valence-corrected chi connectivity index (χ0v) is 13.1. The Bertz CT molecular complexity index is 472. The highest BCUT2D eigenvalue weighted by Crippen LogP contribution is 2.19. The summed E-state index contributed by atoms with van der Waals surface area (Å²) in [6, 6.07) is 9.90. The molecule has 2 rings (SSSR count). The van der Waals surface area contributed by atoms with E-state index in [1.165, 1.54) is 19.3 Å². The zero-order chi connectivity index (χ0) is 15.1. The van der Waals surface area contributed by atoms with Crippen LogP contribution in [0.4, 0.5) is 10.5 Å². The molecule has 1 aliphatic rings. The maximum atomic E-state index is 12.6. The van der Waals surface area contributed by atoms with Gasteiger partial charge in [0.2, 0.25) is 0 Å². The van der Waals surface area contributed by atoms with E-state index in [0.29, 0.717) is 24.0 Å². The number of rotatable bonds is 5. The normalized spacial score (nSPS) is 15.4. The lowest BCUT2D eigenvalue weighted by Crippen LogP contribution is -2.46. The predicted octanol–water partition coefficient (Wildman–Crippen LogP) is 3.21. The topological polar surface area (TPSA) is 58.4 Å². The summed E-state index contributed by atoms with van der Waals surface area (Å²) >= 11 is 4.93. The van der Waals surface area contributed by atoms with Crippen LogP contribution < -0.4 is 16.0 Å². The highest BCUT2D eigenvalue weighted by Gasteiger charge is 2.20. The second kappa shape index (κ2) is 7.98. The Balaban J connectivity index is 2.02. The maximum Gasteiger partial charge on any atom is 0.322 e. The number of benzene rings is 1. The van der Waals surface area contributed by atoms with Crippen LogP contribution in [0.25, 0.3) is 0 Å². The molecule has 2 amide bonds. The van der Waals surface area contributed by atoms with Gasteiger partial charge < -0.3 is 11.1 Å². The minimum absolute atomic E-state index is 0.0515. The molecule has 4 nitrogen and oxygen atoms in total. The molecular formula is C16H23N3OS. The predicted molar refractivity (Wildman–Crippen MR) is 90.6 cm³/mol. The molecule has 0 aromatic heterocycles. The van der Waals surface area contributed by atoms with Crippen molar-refractivity contribution in [1.82, 2.24) is 5.32 Å². The Kier molecular flexibility index (Phi) is 5.99. The fourth-order valence-corrected chi connectivity index (χ4v) is 2.77. The van der Waals surface area contributed by atoms with E-state index in [1.54, 1.807) is 4.90 Å². The number of thiocarbonyl (C=S) groups is 1. The smallest absolute Gasteiger partial charge is 0.322 e. The third-order valence-electron chi connectivity index (χ3n) is 3.83. The molecule has 1 aliphatic carbocycles. The summed E-state index contributed by atoms with van der Waals surface area (Å²) in [4.78, 5) is 14.7. The lowest BCUT2D eigenvalue weighted by Gasteiger charge is -2.28. The molecule has 0 saturated heterocycles. The minimum Gasteiger partial charge on any atom is -0.393 e. The molecule has 0 bridgehead atoms. The lowest BCUT2D eigenvalue weighted by molar-refractivity contribution is 0.238. The number of nitrogens with zero attached hydrogens (tertiary/aromatic N) is 1. The maximum absolute atomic E-state index is 12.6. The van der Waals surface area contributed by atoms with Gasteiger partial charge in [0.05, 0.1) is 4.99 Å². The second-order valence-corrected chi connectivity index (χ2v) is 6.01. The standard InChI is InChI=1S/C16H23N3OS/c17-15(21)11-12-19(14-9-5-2-6-10-14)16(20)18-13-7-3-1-4-8-13/h2,5-6,9-10,13H,1,3-4,7-8,11-12H2,(H2,17,21)(H,18,20). The number of carbonyl (C=O) groups excluding carboxylic acids is 1. The number of urea groups is 1. The number of nitrogens with two attached hydrogens (primary N) is 1. The van der Waals surface area contributed by atoms with E-state index in [2.05, 4.69) is 5.32 Å². The number of nitrogens with one attached hydrogen (secondary N) is 1. The summed E-state index contributed by atoms with van der Waals surface area (Å²) in [5, 5.41) is 3.14. The summed E-state index contributed by atoms with van der Waals surface area (Å²) < 4.78 is 0. The molecule has 0 spiro atoms. The summed E-state index contributed by atoms with van der Waals surface area (Å²) in [6.07, 6.45) is 6.35. The first kappa shape index (κ1) is 15.8. The molecule has 0 heterocycles. The van der Waals surface area contributed by atoms with Crippen molar-refractivity contribution in [2.75, 3.05) is 11.4 Å². The van der Waals surface area contributed by atoms with Crippen molar-refractivity contribution < 1.29 is 4.79 Å². The zero-order valence-electron chi connectivity index (χ0n) is 12.3. The van der Waals surface area contributed by atoms with Gasteiger partial charge >= 0.3 is 6.03 Å². The van der Waals surface area contributed by atoms with E-state index >= 15 is 0 Å². The number of para-hydroxylation sites is 1. The highest BCUT2D eigenvalue weighted by molar-refractivity contribution is 7.80. The van der Waals surface area contributed by atoms with Crippen molar-refractivity contribution in [1.29, 1.82) is 0 Å². The van der Waals surface area contributed by atoms with Crippen LogP contribution in [0.2, 0.25) is 0 Å². The van der Waals surface area contributed by atoms with E-state index < -0.39 is 0 Å². The Morgan fingerprint density at radius 1 is 1.24 bits per heavy atom. The number of carbonyl (C=O) groups is 1. The van der Waals surface area contributed by atoms with Gasteiger partial charge in [-0.15, -0.1) is 0 Å². The first-order valence-corrected chi connectivity index (χ1v) is 7.99. The summed E-state index contributed by atoms with van der Waals surface area (Å²) in [7, 11) is 0. The first-order valence-electron chi connectivity index (χ1n) is 7.58. The largest absolute Gasteiger partial charge is 0.393 e. The SMILES string of the molecule is NC(=S)CCN(C(=O)NC1CCCCC1)c1ccccc1. The molecule has 0 aliphatic heterocycles. The van der Waals surface area contributed by atoms with E-state index in [0.717, 1.165) is 18.5 Å². The van der Waals surface area contributed by atoms with Crippen molar-refractivity contribution in [3.05, 3.63) is 30.3 Å². The molecule has 0 atom stereocenters. The Hall–Kier alpha value is -1.62. The summed E-state index contributed by atoms with van der Waals surface area (Å²) in [5.74, 6) is 0. The number of hydrogen-bond acceptors (Lipinski definition) is 2. The summed E-state index contributed by atoms with van der Waals surface area (Å²) in [6.45, 7) is 0.512. The molecule has 0 radical (unpaired) electrons. The molecule has 21 heavy (non-hydrogen) atoms. The van der Waals surface area contributed by atoms with Crippen molar-refractivity contribution in [2.24, 2.45) is 5.73 Å². The van der Waals surface area contributed by atoms with E-state index in [9.17, 15) is 4.79 Å². The van der Waals surface area contributed by atoms with Crippen molar-refractivity contribution in [3.63, 3.8) is 0 Å². The fraction of sp³-hybridized carbons (Fsp3) is 0.500. The van der Waals surface area contributed by atoms with Crippen LogP contribution in [0, 0.1) is 0 Å². The van der Waals surface area contributed by atoms with E-state index in [1.807, 2.05) is 30.3 Å². The quantitative estimate of drug-likeness (QED) is 0.821. The molecular weight excluding hydrogens is 282 g/mol. The molecule has 1 aromatic rings. The highest BCUT2D eigenvalue weighted by atomic mass is 32.1. The van der Waals surface area contributed by atoms with Gasteiger partial charge in [0.15, 0.2) is 0 Å². The Labute approximate surface area is 131 Å². The average molecular weight is 305 g/mol. The van der Waals surface area contributed by atoms with Crippen LogP contribution in [0.3, 0.4) is 0 Å². The van der Waals surface area contributed by atoms with Gasteiger partial charge in [-0.3, -0.25) is 4.90 Å². The number of anilines is 1. The van der Waals surface area contributed by atoms with E-state index in [-0.39, 0.29) is 6.03 Å². The fourth-order valence-electron chi connectivity index (χ4n) is 2.68. The second-order valence-electron chi connectivity index (χ2n) is 5.49. The van der Waals surface area contributed by atoms with Crippen LogP contribution in [-0.4, -0.2) is 23.6 Å². The van der Waals surface area contributed by atoms with Crippen LogP contribution >= 0.6 is 12.2 Å². The molecule has 0 unspecified atom stereocenters. The van der Waals surface area contributed by atoms with Crippen molar-refractivity contribution in [2.45, 2.75) is 44.6 Å². The average Bonchev–Trinajstić information content (AvgIpc) is 2.49. The molecule has 1 saturated carbocycles. The molecule has 5 heteroatoms. The number of hydrogen-bond donors (Lipinski definition) is 2. The van der Waals surface area contributed by atoms with Gasteiger partial charge in [0.1, 0.15) is 0 Å². The molecule has 3 N–H and O–H groups in total. The van der Waals surface area contributed by atoms with E-state index in [4.69, 9.17) is 18.0 Å². The Morgan fingerprint density at radius 2 is 1.90 bits per heavy atom. The third-order valence-corrected chi connectivity index (χ3v) is 4.03. The van der Waals surface area contributed by atoms with Crippen molar-refractivity contribution in [3.8, 4) is 0 Å². The van der Waals surface area contributed by atoms with Gasteiger partial charge in [-0.25, -0.2) is 4.79 Å². The molecule has 1 fully saturated rings. The van der Waals surface area contributed by atoms with Gasteiger partial charge in [-0.05, 0) is 25.0 Å². The first-order chi connectivity index (χ1) is 10.2. The number of amides is 2. The van der Waals surface area contributed by atoms with Crippen LogP contribution in [0.1, 0.15) is 38.5 Å². The van der Waals surface area contributed by atoms with Crippen LogP contribution in [0.15, 0.2) is 30.3 Å². The van der Waals surface area contributed by atoms with Crippen molar-refractivity contribution >= 4 is 28.9 Å². The minimum atomic E-state index is -0.0515. The Morgan fingerprint density at radius 3 is 2.52 bits per heavy atom. The monoisotopic (exact) mass is 305 g/mol. The summed E-state index contributed by atoms with van der Waals surface area (Å²) in [5.41, 5.74) is 6.45. The van der Waals surface area contributed by atoms with Gasteiger partial charge in [-0.1, -0.05) is 49.7 Å². The van der Waals surface area contributed by atoms with Crippen LogP contribution in [0.5, 0.6) is 0 Å².